The van der Waals surface area contributed by atoms with Crippen LogP contribution in [0.1, 0.15) is 1.37 Å². The summed E-state index contributed by atoms with van der Waals surface area (Å²) in [6.45, 7) is -0.772. The maximum absolute atomic E-state index is 10.1. The molecule has 0 aliphatic carbocycles. The number of hydrogen-bond acceptors (Lipinski definition) is 5. The predicted octanol–water partition coefficient (Wildman–Crippen LogP) is -2.74. The second-order valence-corrected chi connectivity index (χ2v) is 1.80. The number of carbonyl (C=O) groups excluding carboxylic acids is 1. The summed E-state index contributed by atoms with van der Waals surface area (Å²) in [7, 11) is 0. The molecular formula is C5H10O5. The number of hydrogen-bond donors (Lipinski definition) is 4. The first-order valence-electron chi connectivity index (χ1n) is 3.16. The number of rotatable bonds is 4. The van der Waals surface area contributed by atoms with Crippen molar-refractivity contribution in [3.8, 4) is 0 Å². The van der Waals surface area contributed by atoms with Gasteiger partial charge < -0.3 is 25.2 Å². The van der Waals surface area contributed by atoms with Gasteiger partial charge in [0.05, 0.1) is 6.61 Å². The van der Waals surface area contributed by atoms with Crippen molar-refractivity contribution < 1.29 is 26.6 Å². The molecule has 0 saturated carbocycles. The van der Waals surface area contributed by atoms with Crippen LogP contribution in [-0.4, -0.2) is 51.6 Å². The highest BCUT2D eigenvalue weighted by atomic mass is 16.4. The lowest BCUT2D eigenvalue weighted by atomic mass is 10.1. The van der Waals surface area contributed by atoms with Crippen LogP contribution < -0.4 is 0 Å². The fourth-order valence-corrected chi connectivity index (χ4v) is 0.388. The third-order valence-corrected chi connectivity index (χ3v) is 1.03. The van der Waals surface area contributed by atoms with E-state index in [1.807, 2.05) is 0 Å². The maximum atomic E-state index is 10.1. The fourth-order valence-electron chi connectivity index (χ4n) is 0.388. The lowest BCUT2D eigenvalue weighted by Crippen LogP contribution is -2.40. The molecule has 4 N–H and O–H groups in total. The molecule has 3 atom stereocenters. The lowest BCUT2D eigenvalue weighted by molar-refractivity contribution is -0.127. The number of carbonyl (C=O) groups is 1. The zero-order chi connectivity index (χ0) is 9.02. The van der Waals surface area contributed by atoms with Crippen molar-refractivity contribution in [1.82, 2.24) is 0 Å². The third kappa shape index (κ3) is 2.40. The summed E-state index contributed by atoms with van der Waals surface area (Å²) in [6.07, 6.45) is -6.76. The highest BCUT2D eigenvalue weighted by Gasteiger charge is 2.22. The standard InChI is InChI=1S/C5H10O5/c6-1-3(8)5(10)4(9)2-7/h1,3-5,7-10H,2H2/t3-,4-,5-/m0/s1/i1D. The Balaban J connectivity index is 4.00. The van der Waals surface area contributed by atoms with Crippen LogP contribution in [0.15, 0.2) is 0 Å². The molecule has 0 heterocycles. The molecule has 0 amide bonds. The van der Waals surface area contributed by atoms with E-state index in [0.717, 1.165) is 0 Å². The van der Waals surface area contributed by atoms with Gasteiger partial charge in [-0.15, -0.1) is 0 Å². The molecule has 0 aliphatic rings. The molecule has 0 bridgehead atoms. The van der Waals surface area contributed by atoms with Crippen molar-refractivity contribution in [2.45, 2.75) is 18.3 Å². The van der Waals surface area contributed by atoms with E-state index in [-0.39, 0.29) is 0 Å². The molecule has 0 rings (SSSR count). The van der Waals surface area contributed by atoms with E-state index >= 15 is 0 Å². The molecule has 0 aromatic carbocycles. The van der Waals surface area contributed by atoms with Crippen LogP contribution in [-0.2, 0) is 4.79 Å². The van der Waals surface area contributed by atoms with Gasteiger partial charge in [-0.3, -0.25) is 0 Å². The molecule has 0 aromatic heterocycles. The smallest absolute Gasteiger partial charge is 0.151 e. The van der Waals surface area contributed by atoms with Crippen molar-refractivity contribution in [3.05, 3.63) is 0 Å². The maximum Gasteiger partial charge on any atom is 0.151 e. The topological polar surface area (TPSA) is 98.0 Å². The zero-order valence-corrected chi connectivity index (χ0v) is 5.14. The van der Waals surface area contributed by atoms with E-state index in [9.17, 15) is 4.79 Å². The monoisotopic (exact) mass is 151 g/mol. The summed E-state index contributed by atoms with van der Waals surface area (Å²) in [5, 5.41) is 34.3. The Kier molecular flexibility index (Phi) is 3.31. The van der Waals surface area contributed by atoms with Gasteiger partial charge in [0.1, 0.15) is 19.7 Å². The minimum Gasteiger partial charge on any atom is -0.394 e. The van der Waals surface area contributed by atoms with Crippen LogP contribution in [0.25, 0.3) is 0 Å². The molecule has 5 nitrogen and oxygen atoms in total. The third-order valence-electron chi connectivity index (χ3n) is 1.03. The number of aldehydes is 1. The van der Waals surface area contributed by atoms with Crippen LogP contribution in [0.5, 0.6) is 0 Å². The van der Waals surface area contributed by atoms with Gasteiger partial charge in [-0.05, 0) is 0 Å². The van der Waals surface area contributed by atoms with E-state index < -0.39 is 31.2 Å². The molecule has 60 valence electrons. The molecule has 0 aromatic rings. The van der Waals surface area contributed by atoms with Crippen LogP contribution in [0.4, 0.5) is 0 Å². The van der Waals surface area contributed by atoms with E-state index in [1.165, 1.54) is 0 Å². The molecule has 0 saturated heterocycles. The number of aliphatic hydroxyl groups excluding tert-OH is 4. The summed E-state index contributed by atoms with van der Waals surface area (Å²) in [5.74, 6) is 0. The average Bonchev–Trinajstić information content (AvgIpc) is 2.00. The Bertz CT molecular complexity index is 139. The Morgan fingerprint density at radius 2 is 2.00 bits per heavy atom. The summed E-state index contributed by atoms with van der Waals surface area (Å²) < 4.78 is 6.34. The van der Waals surface area contributed by atoms with Gasteiger partial charge in [0.15, 0.2) is 6.26 Å². The first kappa shape index (κ1) is 7.62. The molecule has 0 fully saturated rings. The van der Waals surface area contributed by atoms with Crippen molar-refractivity contribution in [1.29, 1.82) is 0 Å². The van der Waals surface area contributed by atoms with Crippen molar-refractivity contribution in [2.24, 2.45) is 0 Å². The van der Waals surface area contributed by atoms with E-state index in [2.05, 4.69) is 0 Å². The first-order valence-corrected chi connectivity index (χ1v) is 2.66. The molecule has 0 aliphatic heterocycles. The van der Waals surface area contributed by atoms with Gasteiger partial charge in [-0.25, -0.2) is 0 Å². The Labute approximate surface area is 58.9 Å². The SMILES string of the molecule is [2H]C(=O)[C@H](O)[C@H](O)[C@@H](O)CO. The van der Waals surface area contributed by atoms with Crippen molar-refractivity contribution in [2.75, 3.05) is 6.61 Å². The van der Waals surface area contributed by atoms with Crippen LogP contribution in [0.2, 0.25) is 0 Å². The molecule has 0 unspecified atom stereocenters. The zero-order valence-electron chi connectivity index (χ0n) is 6.14. The first-order chi connectivity index (χ1) is 5.00. The molecule has 0 radical (unpaired) electrons. The fraction of sp³-hybridized carbons (Fsp3) is 0.800. The van der Waals surface area contributed by atoms with Crippen LogP contribution in [0.3, 0.4) is 0 Å². The van der Waals surface area contributed by atoms with Crippen molar-refractivity contribution in [3.63, 3.8) is 0 Å². The summed E-state index contributed by atoms with van der Waals surface area (Å²) >= 11 is 0. The summed E-state index contributed by atoms with van der Waals surface area (Å²) in [5.41, 5.74) is 0. The van der Waals surface area contributed by atoms with Gasteiger partial charge in [0.2, 0.25) is 0 Å². The van der Waals surface area contributed by atoms with Gasteiger partial charge in [0, 0.05) is 0 Å². The molecule has 0 spiro atoms. The Hall–Kier alpha value is -0.490. The highest BCUT2D eigenvalue weighted by Crippen LogP contribution is 1.96. The van der Waals surface area contributed by atoms with E-state index in [4.69, 9.17) is 21.8 Å². The second kappa shape index (κ2) is 4.35. The van der Waals surface area contributed by atoms with Crippen molar-refractivity contribution >= 4 is 6.26 Å². The van der Waals surface area contributed by atoms with E-state index in [0.29, 0.717) is 0 Å². The quantitative estimate of drug-likeness (QED) is 0.327. The van der Waals surface area contributed by atoms with Crippen LogP contribution in [0, 0.1) is 0 Å². The number of aliphatic hydroxyl groups is 4. The summed E-state index contributed by atoms with van der Waals surface area (Å²) in [6, 6.07) is 0. The van der Waals surface area contributed by atoms with Gasteiger partial charge in [-0.1, -0.05) is 0 Å². The Morgan fingerprint density at radius 3 is 2.30 bits per heavy atom. The molecule has 5 heteroatoms. The summed E-state index contributed by atoms with van der Waals surface area (Å²) in [4.78, 5) is 10.1. The highest BCUT2D eigenvalue weighted by molar-refractivity contribution is 5.56. The van der Waals surface area contributed by atoms with Gasteiger partial charge in [-0.2, -0.15) is 0 Å². The minimum atomic E-state index is -1.96. The molecule has 10 heavy (non-hydrogen) atoms. The average molecular weight is 151 g/mol. The van der Waals surface area contributed by atoms with Gasteiger partial charge in [0.25, 0.3) is 0 Å². The molecular weight excluding hydrogens is 140 g/mol. The van der Waals surface area contributed by atoms with Gasteiger partial charge >= 0.3 is 0 Å². The predicted molar refractivity (Wildman–Crippen MR) is 31.2 cm³/mol. The van der Waals surface area contributed by atoms with Crippen LogP contribution >= 0.6 is 0 Å². The normalized spacial score (nSPS) is 21.0. The Morgan fingerprint density at radius 1 is 1.50 bits per heavy atom. The minimum absolute atomic E-state index is 0.772. The lowest BCUT2D eigenvalue weighted by Gasteiger charge is -2.16. The van der Waals surface area contributed by atoms with E-state index in [1.54, 1.807) is 0 Å². The largest absolute Gasteiger partial charge is 0.394 e. The second-order valence-electron chi connectivity index (χ2n) is 1.80.